The molecule has 1 aliphatic heterocycles. The number of urea groups is 1. The summed E-state index contributed by atoms with van der Waals surface area (Å²) in [6.45, 7) is 2.48. The fourth-order valence-electron chi connectivity index (χ4n) is 2.00. The fraction of sp³-hybridized carbons (Fsp3) is 0.462. The average molecular weight is 312 g/mol. The monoisotopic (exact) mass is 311 g/mol. The van der Waals surface area contributed by atoms with Crippen molar-refractivity contribution in [1.29, 1.82) is 0 Å². The van der Waals surface area contributed by atoms with Crippen LogP contribution in [-0.4, -0.2) is 25.2 Å². The van der Waals surface area contributed by atoms with E-state index in [1.165, 1.54) is 0 Å². The first-order valence-corrected chi connectivity index (χ1v) is 7.03. The van der Waals surface area contributed by atoms with Gasteiger partial charge in [0.05, 0.1) is 0 Å². The number of halogens is 1. The molecule has 0 saturated carbocycles. The number of hydrogen-bond acceptors (Lipinski definition) is 2. The van der Waals surface area contributed by atoms with Gasteiger partial charge < -0.3 is 16.0 Å². The van der Waals surface area contributed by atoms with Crippen LogP contribution in [0.1, 0.15) is 18.4 Å². The number of carbonyl (C=O) groups is 1. The van der Waals surface area contributed by atoms with Crippen LogP contribution in [0.25, 0.3) is 0 Å². The van der Waals surface area contributed by atoms with E-state index in [-0.39, 0.29) is 12.1 Å². The van der Waals surface area contributed by atoms with Gasteiger partial charge in [0.1, 0.15) is 0 Å². The first-order chi connectivity index (χ1) is 8.74. The smallest absolute Gasteiger partial charge is 0.315 e. The van der Waals surface area contributed by atoms with E-state index >= 15 is 0 Å². The number of rotatable bonds is 3. The molecule has 5 heteroatoms. The third-order valence-electron chi connectivity index (χ3n) is 3.00. The van der Waals surface area contributed by atoms with Crippen LogP contribution in [-0.2, 0) is 6.54 Å². The van der Waals surface area contributed by atoms with Gasteiger partial charge in [-0.2, -0.15) is 0 Å². The predicted molar refractivity (Wildman–Crippen MR) is 75.4 cm³/mol. The SMILES string of the molecule is O=C(NCc1ccc(Br)cc1)NC1CCCNC1. The Morgan fingerprint density at radius 2 is 2.17 bits per heavy atom. The van der Waals surface area contributed by atoms with Gasteiger partial charge in [-0.3, -0.25) is 0 Å². The van der Waals surface area contributed by atoms with Crippen LogP contribution in [0.2, 0.25) is 0 Å². The Morgan fingerprint density at radius 1 is 1.39 bits per heavy atom. The molecule has 0 aromatic heterocycles. The molecular weight excluding hydrogens is 294 g/mol. The van der Waals surface area contributed by atoms with Gasteiger partial charge in [0.25, 0.3) is 0 Å². The van der Waals surface area contributed by atoms with Gasteiger partial charge in [-0.15, -0.1) is 0 Å². The van der Waals surface area contributed by atoms with E-state index in [1.807, 2.05) is 24.3 Å². The van der Waals surface area contributed by atoms with Gasteiger partial charge in [-0.25, -0.2) is 4.79 Å². The molecule has 2 amide bonds. The van der Waals surface area contributed by atoms with Crippen molar-refractivity contribution >= 4 is 22.0 Å². The lowest BCUT2D eigenvalue weighted by Crippen LogP contribution is -2.48. The van der Waals surface area contributed by atoms with Crippen LogP contribution in [0, 0.1) is 0 Å². The number of hydrogen-bond donors (Lipinski definition) is 3. The first-order valence-electron chi connectivity index (χ1n) is 6.23. The lowest BCUT2D eigenvalue weighted by atomic mass is 10.1. The summed E-state index contributed by atoms with van der Waals surface area (Å²) in [5.41, 5.74) is 1.09. The van der Waals surface area contributed by atoms with E-state index in [0.717, 1.165) is 36.0 Å². The highest BCUT2D eigenvalue weighted by Gasteiger charge is 2.14. The van der Waals surface area contributed by atoms with Gasteiger partial charge in [0.2, 0.25) is 0 Å². The Bertz CT molecular complexity index is 388. The molecule has 0 radical (unpaired) electrons. The zero-order valence-corrected chi connectivity index (χ0v) is 11.8. The summed E-state index contributed by atoms with van der Waals surface area (Å²) in [5, 5.41) is 9.12. The van der Waals surface area contributed by atoms with Crippen LogP contribution >= 0.6 is 15.9 Å². The maximum atomic E-state index is 11.7. The van der Waals surface area contributed by atoms with Crippen LogP contribution in [0.5, 0.6) is 0 Å². The van der Waals surface area contributed by atoms with E-state index in [9.17, 15) is 4.79 Å². The van der Waals surface area contributed by atoms with E-state index in [1.54, 1.807) is 0 Å². The van der Waals surface area contributed by atoms with Crippen molar-refractivity contribution in [1.82, 2.24) is 16.0 Å². The van der Waals surface area contributed by atoms with Gasteiger partial charge in [0, 0.05) is 23.6 Å². The normalized spacial score (nSPS) is 19.3. The summed E-state index contributed by atoms with van der Waals surface area (Å²) in [4.78, 5) is 11.7. The van der Waals surface area contributed by atoms with E-state index in [2.05, 4.69) is 31.9 Å². The Hall–Kier alpha value is -1.07. The number of amides is 2. The minimum Gasteiger partial charge on any atom is -0.334 e. The molecule has 98 valence electrons. The molecule has 1 aliphatic rings. The van der Waals surface area contributed by atoms with Gasteiger partial charge >= 0.3 is 6.03 Å². The van der Waals surface area contributed by atoms with Crippen molar-refractivity contribution in [2.24, 2.45) is 0 Å². The zero-order chi connectivity index (χ0) is 12.8. The fourth-order valence-corrected chi connectivity index (χ4v) is 2.26. The molecule has 1 unspecified atom stereocenters. The molecule has 1 fully saturated rings. The molecule has 18 heavy (non-hydrogen) atoms. The molecule has 0 spiro atoms. The predicted octanol–water partition coefficient (Wildman–Crippen LogP) is 2.00. The maximum Gasteiger partial charge on any atom is 0.315 e. The highest BCUT2D eigenvalue weighted by atomic mass is 79.9. The summed E-state index contributed by atoms with van der Waals surface area (Å²) in [5.74, 6) is 0. The zero-order valence-electron chi connectivity index (χ0n) is 10.2. The Balaban J connectivity index is 1.72. The Morgan fingerprint density at radius 3 is 2.83 bits per heavy atom. The largest absolute Gasteiger partial charge is 0.334 e. The second-order valence-corrected chi connectivity index (χ2v) is 5.41. The van der Waals surface area contributed by atoms with Gasteiger partial charge in [0.15, 0.2) is 0 Å². The van der Waals surface area contributed by atoms with Crippen molar-refractivity contribution in [2.75, 3.05) is 13.1 Å². The third-order valence-corrected chi connectivity index (χ3v) is 3.53. The highest BCUT2D eigenvalue weighted by molar-refractivity contribution is 9.10. The first kappa shape index (κ1) is 13.4. The average Bonchev–Trinajstić information content (AvgIpc) is 2.39. The van der Waals surface area contributed by atoms with Crippen LogP contribution in [0.3, 0.4) is 0 Å². The summed E-state index contributed by atoms with van der Waals surface area (Å²) in [7, 11) is 0. The number of benzene rings is 1. The quantitative estimate of drug-likeness (QED) is 0.799. The molecule has 1 heterocycles. The van der Waals surface area contributed by atoms with E-state index < -0.39 is 0 Å². The summed E-state index contributed by atoms with van der Waals surface area (Å²) in [6, 6.07) is 8.09. The minimum absolute atomic E-state index is 0.0911. The molecular formula is C13H18BrN3O. The van der Waals surface area contributed by atoms with E-state index in [4.69, 9.17) is 0 Å². The second kappa shape index (κ2) is 6.75. The molecule has 2 rings (SSSR count). The van der Waals surface area contributed by atoms with Crippen molar-refractivity contribution in [3.63, 3.8) is 0 Å². The van der Waals surface area contributed by atoms with Crippen molar-refractivity contribution in [3.8, 4) is 0 Å². The lowest BCUT2D eigenvalue weighted by molar-refractivity contribution is 0.233. The summed E-state index contributed by atoms with van der Waals surface area (Å²) < 4.78 is 1.05. The summed E-state index contributed by atoms with van der Waals surface area (Å²) in [6.07, 6.45) is 2.18. The Kier molecular flexibility index (Phi) is 5.01. The maximum absolute atomic E-state index is 11.7. The lowest BCUT2D eigenvalue weighted by Gasteiger charge is -2.23. The summed E-state index contributed by atoms with van der Waals surface area (Å²) >= 11 is 3.38. The van der Waals surface area contributed by atoms with Gasteiger partial charge in [-0.05, 0) is 37.1 Å². The molecule has 1 aromatic rings. The third kappa shape index (κ3) is 4.31. The molecule has 1 aromatic carbocycles. The standard InChI is InChI=1S/C13H18BrN3O/c14-11-5-3-10(4-6-11)8-16-13(18)17-12-2-1-7-15-9-12/h3-6,12,15H,1-2,7-9H2,(H2,16,17,18). The van der Waals surface area contributed by atoms with Crippen molar-refractivity contribution in [3.05, 3.63) is 34.3 Å². The van der Waals surface area contributed by atoms with Gasteiger partial charge in [-0.1, -0.05) is 28.1 Å². The molecule has 1 atom stereocenters. The molecule has 3 N–H and O–H groups in total. The van der Waals surface area contributed by atoms with E-state index in [0.29, 0.717) is 6.54 Å². The molecule has 0 bridgehead atoms. The highest BCUT2D eigenvalue weighted by Crippen LogP contribution is 2.10. The second-order valence-electron chi connectivity index (χ2n) is 4.50. The number of piperidine rings is 1. The number of nitrogens with one attached hydrogen (secondary N) is 3. The molecule has 1 saturated heterocycles. The topological polar surface area (TPSA) is 53.2 Å². The molecule has 4 nitrogen and oxygen atoms in total. The minimum atomic E-state index is -0.0911. The van der Waals surface area contributed by atoms with Crippen molar-refractivity contribution in [2.45, 2.75) is 25.4 Å². The number of carbonyl (C=O) groups excluding carboxylic acids is 1. The van der Waals surface area contributed by atoms with Crippen molar-refractivity contribution < 1.29 is 4.79 Å². The van der Waals surface area contributed by atoms with Crippen LogP contribution in [0.15, 0.2) is 28.7 Å². The Labute approximate surface area is 116 Å². The van der Waals surface area contributed by atoms with Crippen LogP contribution in [0.4, 0.5) is 4.79 Å². The van der Waals surface area contributed by atoms with Crippen LogP contribution < -0.4 is 16.0 Å². The molecule has 0 aliphatic carbocycles.